The second-order valence-corrected chi connectivity index (χ2v) is 2.51. The molecule has 11 heavy (non-hydrogen) atoms. The summed E-state index contributed by atoms with van der Waals surface area (Å²) >= 11 is 0. The highest BCUT2D eigenvalue weighted by Crippen LogP contribution is 2.11. The fourth-order valence-electron chi connectivity index (χ4n) is 0.899. The third kappa shape index (κ3) is 2.03. The average molecular weight is 150 g/mol. The SMILES string of the molecule is CC(O)c1[c]c(CN)ccc1. The van der Waals surface area contributed by atoms with Crippen molar-refractivity contribution >= 4 is 0 Å². The number of hydrogen-bond acceptors (Lipinski definition) is 2. The molecule has 0 saturated carbocycles. The molecule has 59 valence electrons. The molecule has 3 N–H and O–H groups in total. The molecule has 2 nitrogen and oxygen atoms in total. The van der Waals surface area contributed by atoms with Crippen LogP contribution in [0.4, 0.5) is 0 Å². The van der Waals surface area contributed by atoms with Crippen LogP contribution in [-0.2, 0) is 6.54 Å². The lowest BCUT2D eigenvalue weighted by atomic mass is 10.1. The Morgan fingerprint density at radius 1 is 1.64 bits per heavy atom. The number of benzene rings is 1. The minimum atomic E-state index is -0.457. The largest absolute Gasteiger partial charge is 0.389 e. The Hall–Kier alpha value is -0.860. The maximum atomic E-state index is 9.17. The molecule has 0 bridgehead atoms. The molecule has 0 aliphatic rings. The van der Waals surface area contributed by atoms with Gasteiger partial charge in [0.2, 0.25) is 0 Å². The van der Waals surface area contributed by atoms with Gasteiger partial charge in [-0.2, -0.15) is 0 Å². The fourth-order valence-corrected chi connectivity index (χ4v) is 0.899. The van der Waals surface area contributed by atoms with Crippen molar-refractivity contribution in [1.82, 2.24) is 0 Å². The summed E-state index contributed by atoms with van der Waals surface area (Å²) < 4.78 is 0. The van der Waals surface area contributed by atoms with Gasteiger partial charge in [-0.1, -0.05) is 18.2 Å². The first-order valence-corrected chi connectivity index (χ1v) is 3.63. The monoisotopic (exact) mass is 150 g/mol. The van der Waals surface area contributed by atoms with Crippen LogP contribution in [0, 0.1) is 6.07 Å². The first kappa shape index (κ1) is 8.24. The molecular weight excluding hydrogens is 138 g/mol. The van der Waals surface area contributed by atoms with Crippen molar-refractivity contribution in [2.45, 2.75) is 19.6 Å². The zero-order chi connectivity index (χ0) is 8.27. The molecule has 0 saturated heterocycles. The van der Waals surface area contributed by atoms with E-state index in [2.05, 4.69) is 6.07 Å². The summed E-state index contributed by atoms with van der Waals surface area (Å²) in [7, 11) is 0. The second kappa shape index (κ2) is 3.51. The van der Waals surface area contributed by atoms with Crippen LogP contribution in [0.1, 0.15) is 24.2 Å². The lowest BCUT2D eigenvalue weighted by Gasteiger charge is -2.04. The van der Waals surface area contributed by atoms with Crippen molar-refractivity contribution in [3.05, 3.63) is 35.4 Å². The van der Waals surface area contributed by atoms with Crippen molar-refractivity contribution in [3.8, 4) is 0 Å². The Labute approximate surface area is 66.7 Å². The zero-order valence-electron chi connectivity index (χ0n) is 6.54. The van der Waals surface area contributed by atoms with E-state index in [-0.39, 0.29) is 0 Å². The summed E-state index contributed by atoms with van der Waals surface area (Å²) in [4.78, 5) is 0. The Bertz CT molecular complexity index is 233. The molecule has 1 atom stereocenters. The first-order chi connectivity index (χ1) is 5.24. The van der Waals surface area contributed by atoms with Gasteiger partial charge >= 0.3 is 0 Å². The van der Waals surface area contributed by atoms with E-state index in [4.69, 9.17) is 5.73 Å². The molecule has 0 aliphatic carbocycles. The first-order valence-electron chi connectivity index (χ1n) is 3.63. The molecule has 0 aliphatic heterocycles. The van der Waals surface area contributed by atoms with E-state index in [0.29, 0.717) is 6.54 Å². The average Bonchev–Trinajstić information content (AvgIpc) is 2.05. The highest BCUT2D eigenvalue weighted by Gasteiger charge is 2.00. The Morgan fingerprint density at radius 3 is 2.91 bits per heavy atom. The van der Waals surface area contributed by atoms with E-state index in [9.17, 15) is 5.11 Å². The maximum Gasteiger partial charge on any atom is 0.0768 e. The minimum Gasteiger partial charge on any atom is -0.389 e. The third-order valence-electron chi connectivity index (χ3n) is 1.55. The van der Waals surface area contributed by atoms with Crippen molar-refractivity contribution < 1.29 is 5.11 Å². The van der Waals surface area contributed by atoms with Gasteiger partial charge in [-0.15, -0.1) is 0 Å². The number of aliphatic hydroxyl groups is 1. The molecule has 1 aromatic carbocycles. The van der Waals surface area contributed by atoms with Crippen LogP contribution in [0.3, 0.4) is 0 Å². The number of hydrogen-bond donors (Lipinski definition) is 2. The van der Waals surface area contributed by atoms with Gasteiger partial charge in [-0.25, -0.2) is 0 Å². The summed E-state index contributed by atoms with van der Waals surface area (Å²) in [5.74, 6) is 0. The molecular formula is C9H12NO. The lowest BCUT2D eigenvalue weighted by molar-refractivity contribution is 0.199. The maximum absolute atomic E-state index is 9.17. The Morgan fingerprint density at radius 2 is 2.36 bits per heavy atom. The molecule has 0 heterocycles. The van der Waals surface area contributed by atoms with E-state index in [1.807, 2.05) is 18.2 Å². The van der Waals surface area contributed by atoms with E-state index >= 15 is 0 Å². The van der Waals surface area contributed by atoms with Crippen LogP contribution in [0.15, 0.2) is 18.2 Å². The molecule has 0 aromatic heterocycles. The highest BCUT2D eigenvalue weighted by molar-refractivity contribution is 5.22. The summed E-state index contributed by atoms with van der Waals surface area (Å²) in [5, 5.41) is 9.17. The summed E-state index contributed by atoms with van der Waals surface area (Å²) in [6, 6.07) is 8.63. The van der Waals surface area contributed by atoms with Gasteiger partial charge in [-0.05, 0) is 24.1 Å². The van der Waals surface area contributed by atoms with Crippen molar-refractivity contribution in [2.24, 2.45) is 5.73 Å². The fraction of sp³-hybridized carbons (Fsp3) is 0.333. The Balaban J connectivity index is 2.91. The minimum absolute atomic E-state index is 0.457. The quantitative estimate of drug-likeness (QED) is 0.660. The smallest absolute Gasteiger partial charge is 0.0768 e. The summed E-state index contributed by atoms with van der Waals surface area (Å²) in [6.07, 6.45) is -0.457. The van der Waals surface area contributed by atoms with E-state index < -0.39 is 6.10 Å². The second-order valence-electron chi connectivity index (χ2n) is 2.51. The zero-order valence-corrected chi connectivity index (χ0v) is 6.54. The molecule has 0 spiro atoms. The van der Waals surface area contributed by atoms with Gasteiger partial charge in [0, 0.05) is 6.54 Å². The van der Waals surface area contributed by atoms with Gasteiger partial charge in [0.05, 0.1) is 6.10 Å². The van der Waals surface area contributed by atoms with Crippen molar-refractivity contribution in [1.29, 1.82) is 0 Å². The molecule has 1 unspecified atom stereocenters. The molecule has 1 radical (unpaired) electrons. The predicted molar refractivity (Wildman–Crippen MR) is 43.8 cm³/mol. The summed E-state index contributed by atoms with van der Waals surface area (Å²) in [6.45, 7) is 2.19. The number of nitrogens with two attached hydrogens (primary N) is 1. The van der Waals surface area contributed by atoms with Crippen molar-refractivity contribution in [3.63, 3.8) is 0 Å². The number of aliphatic hydroxyl groups excluding tert-OH is 1. The van der Waals surface area contributed by atoms with Gasteiger partial charge in [-0.3, -0.25) is 0 Å². The number of rotatable bonds is 2. The van der Waals surface area contributed by atoms with Gasteiger partial charge < -0.3 is 10.8 Å². The predicted octanol–water partition coefficient (Wildman–Crippen LogP) is 0.999. The summed E-state index contributed by atoms with van der Waals surface area (Å²) in [5.41, 5.74) is 7.14. The lowest BCUT2D eigenvalue weighted by Crippen LogP contribution is -1.99. The molecule has 2 heteroatoms. The third-order valence-corrected chi connectivity index (χ3v) is 1.55. The van der Waals surface area contributed by atoms with Crippen LogP contribution < -0.4 is 5.73 Å². The highest BCUT2D eigenvalue weighted by atomic mass is 16.3. The van der Waals surface area contributed by atoms with Crippen LogP contribution >= 0.6 is 0 Å². The Kier molecular flexibility index (Phi) is 2.63. The normalized spacial score (nSPS) is 13.0. The topological polar surface area (TPSA) is 46.2 Å². The standard InChI is InChI=1S/C9H12NO/c1-7(11)9-4-2-3-8(5-9)6-10/h2-4,7,11H,6,10H2,1H3. The van der Waals surface area contributed by atoms with Crippen LogP contribution in [0.2, 0.25) is 0 Å². The van der Waals surface area contributed by atoms with Gasteiger partial charge in [0.15, 0.2) is 0 Å². The molecule has 0 amide bonds. The molecule has 0 fully saturated rings. The van der Waals surface area contributed by atoms with E-state index in [0.717, 1.165) is 11.1 Å². The van der Waals surface area contributed by atoms with Crippen LogP contribution in [0.25, 0.3) is 0 Å². The van der Waals surface area contributed by atoms with E-state index in [1.54, 1.807) is 6.92 Å². The van der Waals surface area contributed by atoms with Crippen LogP contribution in [0.5, 0.6) is 0 Å². The van der Waals surface area contributed by atoms with Crippen LogP contribution in [-0.4, -0.2) is 5.11 Å². The van der Waals surface area contributed by atoms with Gasteiger partial charge in [0.25, 0.3) is 0 Å². The van der Waals surface area contributed by atoms with Crippen molar-refractivity contribution in [2.75, 3.05) is 0 Å². The van der Waals surface area contributed by atoms with Gasteiger partial charge in [0.1, 0.15) is 0 Å². The van der Waals surface area contributed by atoms with E-state index in [1.165, 1.54) is 0 Å². The molecule has 1 rings (SSSR count). The molecule has 1 aromatic rings.